The Labute approximate surface area is 147 Å². The van der Waals surface area contributed by atoms with Gasteiger partial charge in [0.15, 0.2) is 0 Å². The van der Waals surface area contributed by atoms with E-state index < -0.39 is 0 Å². The maximum Gasteiger partial charge on any atom is 0.319 e. The summed E-state index contributed by atoms with van der Waals surface area (Å²) in [4.78, 5) is 23.7. The molecule has 3 amide bonds. The number of hydrogen-bond acceptors (Lipinski definition) is 2. The van der Waals surface area contributed by atoms with Crippen molar-refractivity contribution in [2.45, 2.75) is 13.8 Å². The highest BCUT2D eigenvalue weighted by molar-refractivity contribution is 5.96. The van der Waals surface area contributed by atoms with Crippen molar-refractivity contribution in [1.82, 2.24) is 10.6 Å². The first-order valence-electron chi connectivity index (χ1n) is 7.93. The van der Waals surface area contributed by atoms with Crippen LogP contribution in [0.25, 0.3) is 0 Å². The van der Waals surface area contributed by atoms with Gasteiger partial charge in [0, 0.05) is 18.3 Å². The summed E-state index contributed by atoms with van der Waals surface area (Å²) < 4.78 is 0. The Morgan fingerprint density at radius 2 is 1.80 bits per heavy atom. The molecule has 0 fully saturated rings. The molecule has 3 N–H and O–H groups in total. The van der Waals surface area contributed by atoms with Crippen LogP contribution in [0.1, 0.15) is 27.0 Å². The lowest BCUT2D eigenvalue weighted by atomic mass is 10.1. The molecule has 5 heteroatoms. The predicted molar refractivity (Wildman–Crippen MR) is 99.6 cm³/mol. The second kappa shape index (κ2) is 8.55. The first-order valence-corrected chi connectivity index (χ1v) is 7.93. The second-order valence-electron chi connectivity index (χ2n) is 5.53. The third-order valence-electron chi connectivity index (χ3n) is 3.72. The van der Waals surface area contributed by atoms with Crippen LogP contribution in [0.5, 0.6) is 0 Å². The molecule has 0 aliphatic heterocycles. The second-order valence-corrected chi connectivity index (χ2v) is 5.53. The molecule has 0 aliphatic carbocycles. The standard InChI is InChI=1S/C20H21N3O2/c1-14-10-11-17(13-15(14)2)23-20(25)22-12-6-8-16-7-4-5-9-18(16)19(24)21-3/h4-5,7,9-11,13H,12H2,1-3H3,(H,21,24)(H2,22,23,25). The minimum Gasteiger partial charge on any atom is -0.355 e. The van der Waals surface area contributed by atoms with Crippen LogP contribution < -0.4 is 16.0 Å². The Morgan fingerprint density at radius 3 is 2.52 bits per heavy atom. The van der Waals surface area contributed by atoms with Crippen molar-refractivity contribution in [2.75, 3.05) is 18.9 Å². The third-order valence-corrected chi connectivity index (χ3v) is 3.72. The minimum atomic E-state index is -0.322. The monoisotopic (exact) mass is 335 g/mol. The van der Waals surface area contributed by atoms with E-state index in [1.807, 2.05) is 38.1 Å². The maximum absolute atomic E-state index is 11.9. The number of urea groups is 1. The van der Waals surface area contributed by atoms with Crippen molar-refractivity contribution in [1.29, 1.82) is 0 Å². The molecule has 25 heavy (non-hydrogen) atoms. The Morgan fingerprint density at radius 1 is 1.04 bits per heavy atom. The van der Waals surface area contributed by atoms with Crippen LogP contribution in [0.15, 0.2) is 42.5 Å². The lowest BCUT2D eigenvalue weighted by Gasteiger charge is -2.07. The van der Waals surface area contributed by atoms with Crippen LogP contribution in [-0.2, 0) is 0 Å². The molecule has 2 aromatic rings. The number of rotatable bonds is 3. The highest BCUT2D eigenvalue weighted by atomic mass is 16.2. The van der Waals surface area contributed by atoms with Gasteiger partial charge in [-0.15, -0.1) is 0 Å². The van der Waals surface area contributed by atoms with Gasteiger partial charge in [-0.25, -0.2) is 4.79 Å². The molecule has 0 heterocycles. The summed E-state index contributed by atoms with van der Waals surface area (Å²) in [6.07, 6.45) is 0. The first-order chi connectivity index (χ1) is 12.0. The molecule has 0 bridgehead atoms. The number of carbonyl (C=O) groups is 2. The largest absolute Gasteiger partial charge is 0.355 e. The van der Waals surface area contributed by atoms with Gasteiger partial charge >= 0.3 is 6.03 Å². The molecule has 0 aliphatic rings. The van der Waals surface area contributed by atoms with E-state index in [-0.39, 0.29) is 18.5 Å². The molecular formula is C20H21N3O2. The summed E-state index contributed by atoms with van der Waals surface area (Å²) in [7, 11) is 1.57. The molecular weight excluding hydrogens is 314 g/mol. The molecule has 0 spiro atoms. The van der Waals surface area contributed by atoms with Crippen molar-refractivity contribution in [3.8, 4) is 11.8 Å². The molecule has 2 rings (SSSR count). The molecule has 128 valence electrons. The fourth-order valence-corrected chi connectivity index (χ4v) is 2.18. The zero-order chi connectivity index (χ0) is 18.2. The van der Waals surface area contributed by atoms with Crippen LogP contribution in [0.4, 0.5) is 10.5 Å². The molecule has 0 saturated carbocycles. The van der Waals surface area contributed by atoms with Crippen LogP contribution in [0.3, 0.4) is 0 Å². The first kappa shape index (κ1) is 18.1. The van der Waals surface area contributed by atoms with Crippen LogP contribution in [-0.4, -0.2) is 25.5 Å². The van der Waals surface area contributed by atoms with E-state index in [0.29, 0.717) is 11.1 Å². The van der Waals surface area contributed by atoms with E-state index in [9.17, 15) is 9.59 Å². The summed E-state index contributed by atoms with van der Waals surface area (Å²) in [5.41, 5.74) is 4.16. The van der Waals surface area contributed by atoms with Gasteiger partial charge in [0.1, 0.15) is 0 Å². The Kier molecular flexibility index (Phi) is 6.19. The topological polar surface area (TPSA) is 70.2 Å². The zero-order valence-electron chi connectivity index (χ0n) is 14.6. The number of nitrogens with one attached hydrogen (secondary N) is 3. The van der Waals surface area contributed by atoms with Gasteiger partial charge in [0.2, 0.25) is 0 Å². The molecule has 0 aromatic heterocycles. The summed E-state index contributed by atoms with van der Waals surface area (Å²) >= 11 is 0. The molecule has 0 atom stereocenters. The maximum atomic E-state index is 11.9. The van der Waals surface area contributed by atoms with Crippen molar-refractivity contribution in [3.05, 3.63) is 64.7 Å². The van der Waals surface area contributed by atoms with E-state index in [0.717, 1.165) is 11.3 Å². The van der Waals surface area contributed by atoms with Crippen molar-refractivity contribution in [2.24, 2.45) is 0 Å². The lowest BCUT2D eigenvalue weighted by Crippen LogP contribution is -2.29. The van der Waals surface area contributed by atoms with Gasteiger partial charge in [0.05, 0.1) is 12.1 Å². The normalized spacial score (nSPS) is 9.56. The average molecular weight is 335 g/mol. The average Bonchev–Trinajstić information content (AvgIpc) is 2.61. The van der Waals surface area contributed by atoms with Crippen LogP contribution in [0, 0.1) is 25.7 Å². The number of benzene rings is 2. The van der Waals surface area contributed by atoms with Crippen LogP contribution in [0.2, 0.25) is 0 Å². The number of aryl methyl sites for hydroxylation is 2. The van der Waals surface area contributed by atoms with Gasteiger partial charge in [-0.2, -0.15) is 0 Å². The van der Waals surface area contributed by atoms with Gasteiger partial charge in [-0.05, 0) is 49.2 Å². The smallest absolute Gasteiger partial charge is 0.319 e. The number of amides is 3. The summed E-state index contributed by atoms with van der Waals surface area (Å²) in [6, 6.07) is 12.5. The van der Waals surface area contributed by atoms with E-state index in [2.05, 4.69) is 27.8 Å². The van der Waals surface area contributed by atoms with E-state index >= 15 is 0 Å². The fraction of sp³-hybridized carbons (Fsp3) is 0.200. The fourth-order valence-electron chi connectivity index (χ4n) is 2.18. The lowest BCUT2D eigenvalue weighted by molar-refractivity contribution is 0.0963. The number of anilines is 1. The quantitative estimate of drug-likeness (QED) is 0.755. The van der Waals surface area contributed by atoms with Crippen molar-refractivity contribution < 1.29 is 9.59 Å². The molecule has 0 saturated heterocycles. The summed E-state index contributed by atoms with van der Waals surface area (Å²) in [5.74, 6) is 5.58. The van der Waals surface area contributed by atoms with E-state index in [1.54, 1.807) is 25.2 Å². The Hall–Kier alpha value is -3.26. The van der Waals surface area contributed by atoms with Crippen molar-refractivity contribution >= 4 is 17.6 Å². The number of carbonyl (C=O) groups excluding carboxylic acids is 2. The Balaban J connectivity index is 1.93. The van der Waals surface area contributed by atoms with Crippen LogP contribution >= 0.6 is 0 Å². The van der Waals surface area contributed by atoms with Gasteiger partial charge in [-0.3, -0.25) is 4.79 Å². The zero-order valence-corrected chi connectivity index (χ0v) is 14.6. The number of hydrogen-bond donors (Lipinski definition) is 3. The highest BCUT2D eigenvalue weighted by Gasteiger charge is 2.06. The summed E-state index contributed by atoms with van der Waals surface area (Å²) in [5, 5.41) is 8.02. The predicted octanol–water partition coefficient (Wildman–Crippen LogP) is 2.84. The van der Waals surface area contributed by atoms with E-state index in [1.165, 1.54) is 5.56 Å². The van der Waals surface area contributed by atoms with Crippen molar-refractivity contribution in [3.63, 3.8) is 0 Å². The molecule has 0 unspecified atom stereocenters. The van der Waals surface area contributed by atoms with Gasteiger partial charge in [-0.1, -0.05) is 30.0 Å². The minimum absolute atomic E-state index is 0.179. The van der Waals surface area contributed by atoms with E-state index in [4.69, 9.17) is 0 Å². The Bertz CT molecular complexity index is 848. The molecule has 5 nitrogen and oxygen atoms in total. The highest BCUT2D eigenvalue weighted by Crippen LogP contribution is 2.13. The third kappa shape index (κ3) is 5.11. The van der Waals surface area contributed by atoms with Gasteiger partial charge < -0.3 is 16.0 Å². The van der Waals surface area contributed by atoms with Gasteiger partial charge in [0.25, 0.3) is 5.91 Å². The molecule has 0 radical (unpaired) electrons. The molecule has 2 aromatic carbocycles. The summed E-state index contributed by atoms with van der Waals surface area (Å²) in [6.45, 7) is 4.19. The SMILES string of the molecule is CNC(=O)c1ccccc1C#CCNC(=O)Nc1ccc(C)c(C)c1.